The average Bonchev–Trinajstić information content (AvgIpc) is 2.19. The predicted molar refractivity (Wildman–Crippen MR) is 51.2 cm³/mol. The summed E-state index contributed by atoms with van der Waals surface area (Å²) in [6.45, 7) is -0.888. The lowest BCUT2D eigenvalue weighted by molar-refractivity contribution is -0.201. The molecule has 0 aliphatic rings. The maximum atomic E-state index is 11.8. The highest BCUT2D eigenvalue weighted by Crippen LogP contribution is 2.19. The van der Waals surface area contributed by atoms with Gasteiger partial charge in [0.25, 0.3) is 0 Å². The normalized spacial score (nSPS) is 13.2. The van der Waals surface area contributed by atoms with Gasteiger partial charge in [0.15, 0.2) is 6.10 Å². The molecule has 17 heavy (non-hydrogen) atoms. The number of nitrogens with one attached hydrogen (secondary N) is 1. The molecule has 0 saturated carbocycles. The molecule has 1 atom stereocenters. The first-order valence-electron chi connectivity index (χ1n) is 4.96. The first-order chi connectivity index (χ1) is 7.73. The number of rotatable bonds is 7. The van der Waals surface area contributed by atoms with Gasteiger partial charge in [-0.1, -0.05) is 0 Å². The minimum absolute atomic E-state index is 0.0577. The number of unbranched alkanes of at least 4 members (excludes halogenated alkanes) is 1. The number of carbonyl (C=O) groups excluding carboxylic acids is 1. The van der Waals surface area contributed by atoms with Crippen LogP contribution in [0.5, 0.6) is 0 Å². The fourth-order valence-corrected chi connectivity index (χ4v) is 0.976. The van der Waals surface area contributed by atoms with Crippen LogP contribution in [0.15, 0.2) is 0 Å². The van der Waals surface area contributed by atoms with E-state index in [0.717, 1.165) is 0 Å². The highest BCUT2D eigenvalue weighted by molar-refractivity contribution is 5.75. The van der Waals surface area contributed by atoms with Crippen molar-refractivity contribution in [3.05, 3.63) is 0 Å². The summed E-state index contributed by atoms with van der Waals surface area (Å²) in [5.41, 5.74) is 0. The molecule has 100 valence electrons. The minimum atomic E-state index is -4.75. The number of carboxylic acid groups (broad SMARTS) is 1. The Balaban J connectivity index is 3.63. The van der Waals surface area contributed by atoms with Gasteiger partial charge in [-0.2, -0.15) is 13.2 Å². The summed E-state index contributed by atoms with van der Waals surface area (Å²) >= 11 is 0. The Morgan fingerprint density at radius 1 is 1.18 bits per heavy atom. The van der Waals surface area contributed by atoms with Crippen molar-refractivity contribution in [2.45, 2.75) is 38.0 Å². The summed E-state index contributed by atoms with van der Waals surface area (Å²) in [5, 5.41) is 18.8. The van der Waals surface area contributed by atoms with Gasteiger partial charge in [-0.15, -0.1) is 0 Å². The van der Waals surface area contributed by atoms with Gasteiger partial charge in [0.1, 0.15) is 0 Å². The molecule has 0 aliphatic heterocycles. The molecule has 0 aromatic heterocycles. The van der Waals surface area contributed by atoms with Crippen molar-refractivity contribution in [3.63, 3.8) is 0 Å². The third-order valence-electron chi connectivity index (χ3n) is 1.91. The Morgan fingerprint density at radius 2 is 1.71 bits per heavy atom. The molecule has 0 aromatic rings. The Bertz CT molecular complexity index is 267. The van der Waals surface area contributed by atoms with Crippen molar-refractivity contribution in [2.75, 3.05) is 6.54 Å². The van der Waals surface area contributed by atoms with Crippen molar-refractivity contribution in [2.24, 2.45) is 0 Å². The molecule has 5 nitrogen and oxygen atoms in total. The number of aliphatic carboxylic acids is 1. The molecule has 0 aliphatic carbocycles. The van der Waals surface area contributed by atoms with Crippen LogP contribution < -0.4 is 5.32 Å². The van der Waals surface area contributed by atoms with E-state index in [1.807, 2.05) is 5.32 Å². The van der Waals surface area contributed by atoms with E-state index in [4.69, 9.17) is 10.2 Å². The van der Waals surface area contributed by atoms with Crippen molar-refractivity contribution < 1.29 is 33.0 Å². The molecule has 0 aromatic carbocycles. The van der Waals surface area contributed by atoms with Crippen LogP contribution >= 0.6 is 0 Å². The molecule has 0 spiro atoms. The molecule has 1 unspecified atom stereocenters. The smallest absolute Gasteiger partial charge is 0.416 e. The van der Waals surface area contributed by atoms with E-state index in [-0.39, 0.29) is 25.7 Å². The van der Waals surface area contributed by atoms with Gasteiger partial charge in [0.05, 0.1) is 6.54 Å². The zero-order valence-corrected chi connectivity index (χ0v) is 8.96. The number of halogens is 3. The van der Waals surface area contributed by atoms with Gasteiger partial charge in [-0.05, 0) is 12.8 Å². The lowest BCUT2D eigenvalue weighted by Gasteiger charge is -2.14. The molecule has 0 radical (unpaired) electrons. The molecular weight excluding hydrogens is 243 g/mol. The number of aliphatic hydroxyl groups excluding tert-OH is 1. The Labute approximate surface area is 95.6 Å². The number of carboxylic acids is 1. The van der Waals surface area contributed by atoms with Crippen molar-refractivity contribution in [1.82, 2.24) is 5.32 Å². The molecule has 8 heteroatoms. The minimum Gasteiger partial charge on any atom is -0.481 e. The second-order valence-electron chi connectivity index (χ2n) is 3.46. The Kier molecular flexibility index (Phi) is 6.55. The van der Waals surface area contributed by atoms with E-state index in [9.17, 15) is 22.8 Å². The van der Waals surface area contributed by atoms with E-state index in [0.29, 0.717) is 0 Å². The lowest BCUT2D eigenvalue weighted by Crippen LogP contribution is -2.40. The van der Waals surface area contributed by atoms with E-state index in [1.54, 1.807) is 0 Å². The molecule has 0 heterocycles. The second-order valence-corrected chi connectivity index (χ2v) is 3.46. The fourth-order valence-electron chi connectivity index (χ4n) is 0.976. The SMILES string of the molecule is O=C(O)CCCCC(=O)NCC(O)C(F)(F)F. The zero-order chi connectivity index (χ0) is 13.5. The maximum Gasteiger partial charge on any atom is 0.416 e. The number of amides is 1. The topological polar surface area (TPSA) is 86.6 Å². The molecule has 0 rings (SSSR count). The van der Waals surface area contributed by atoms with Crippen molar-refractivity contribution in [1.29, 1.82) is 0 Å². The third kappa shape index (κ3) is 8.49. The van der Waals surface area contributed by atoms with Gasteiger partial charge in [0, 0.05) is 12.8 Å². The maximum absolute atomic E-state index is 11.8. The molecule has 0 bridgehead atoms. The van der Waals surface area contributed by atoms with Gasteiger partial charge in [-0.3, -0.25) is 9.59 Å². The molecule has 1 amide bonds. The Morgan fingerprint density at radius 3 is 2.18 bits per heavy atom. The summed E-state index contributed by atoms with van der Waals surface area (Å²) < 4.78 is 35.5. The Hall–Kier alpha value is -1.31. The van der Waals surface area contributed by atoms with Crippen LogP contribution in [0.3, 0.4) is 0 Å². The van der Waals surface area contributed by atoms with E-state index < -0.39 is 30.7 Å². The summed E-state index contributed by atoms with van der Waals surface area (Å²) in [7, 11) is 0. The van der Waals surface area contributed by atoms with E-state index in [1.165, 1.54) is 0 Å². The number of alkyl halides is 3. The van der Waals surface area contributed by atoms with Gasteiger partial charge >= 0.3 is 12.1 Å². The van der Waals surface area contributed by atoms with Crippen LogP contribution in [0.4, 0.5) is 13.2 Å². The average molecular weight is 257 g/mol. The van der Waals surface area contributed by atoms with Crippen LogP contribution in [0.2, 0.25) is 0 Å². The van der Waals surface area contributed by atoms with Crippen molar-refractivity contribution >= 4 is 11.9 Å². The van der Waals surface area contributed by atoms with Crippen LogP contribution in [-0.2, 0) is 9.59 Å². The van der Waals surface area contributed by atoms with Crippen LogP contribution in [0.1, 0.15) is 25.7 Å². The number of hydrogen-bond donors (Lipinski definition) is 3. The first-order valence-corrected chi connectivity index (χ1v) is 4.96. The quantitative estimate of drug-likeness (QED) is 0.585. The van der Waals surface area contributed by atoms with Crippen molar-refractivity contribution in [3.8, 4) is 0 Å². The van der Waals surface area contributed by atoms with Gasteiger partial charge < -0.3 is 15.5 Å². The predicted octanol–water partition coefficient (Wildman–Crippen LogP) is 0.671. The molecular formula is C9H14F3NO4. The highest BCUT2D eigenvalue weighted by atomic mass is 19.4. The second kappa shape index (κ2) is 7.10. The van der Waals surface area contributed by atoms with Crippen LogP contribution in [0, 0.1) is 0 Å². The van der Waals surface area contributed by atoms with Crippen LogP contribution in [0.25, 0.3) is 0 Å². The number of carbonyl (C=O) groups is 2. The standard InChI is InChI=1S/C9H14F3NO4/c10-9(11,12)6(14)5-13-7(15)3-1-2-4-8(16)17/h6,14H,1-5H2,(H,13,15)(H,16,17). The van der Waals surface area contributed by atoms with E-state index >= 15 is 0 Å². The van der Waals surface area contributed by atoms with E-state index in [2.05, 4.69) is 0 Å². The molecule has 3 N–H and O–H groups in total. The summed E-state index contributed by atoms with van der Waals surface area (Å²) in [4.78, 5) is 21.1. The summed E-state index contributed by atoms with van der Waals surface area (Å²) in [5.74, 6) is -1.63. The monoisotopic (exact) mass is 257 g/mol. The number of aliphatic hydroxyl groups is 1. The zero-order valence-electron chi connectivity index (χ0n) is 8.96. The van der Waals surface area contributed by atoms with Crippen LogP contribution in [-0.4, -0.2) is 40.9 Å². The fraction of sp³-hybridized carbons (Fsp3) is 0.778. The number of hydrogen-bond acceptors (Lipinski definition) is 3. The first kappa shape index (κ1) is 15.7. The largest absolute Gasteiger partial charge is 0.481 e. The summed E-state index contributed by atoms with van der Waals surface area (Å²) in [6, 6.07) is 0. The van der Waals surface area contributed by atoms with Gasteiger partial charge in [0.2, 0.25) is 5.91 Å². The molecule has 0 fully saturated rings. The highest BCUT2D eigenvalue weighted by Gasteiger charge is 2.38. The summed E-state index contributed by atoms with van der Waals surface area (Å²) in [6.07, 6.45) is -6.91. The third-order valence-corrected chi connectivity index (χ3v) is 1.91. The lowest BCUT2D eigenvalue weighted by atomic mass is 10.2. The molecule has 0 saturated heterocycles. The van der Waals surface area contributed by atoms with Gasteiger partial charge in [-0.25, -0.2) is 0 Å².